The van der Waals surface area contributed by atoms with Gasteiger partial charge in [-0.15, -0.1) is 0 Å². The molecule has 1 atom stereocenters. The second-order valence-electron chi connectivity index (χ2n) is 8.94. The Labute approximate surface area is 246 Å². The van der Waals surface area contributed by atoms with Crippen LogP contribution in [-0.2, 0) is 38.1 Å². The normalized spacial score (nSPS) is 12.9. The van der Waals surface area contributed by atoms with E-state index in [9.17, 15) is 18.5 Å². The topological polar surface area (TPSA) is 187 Å². The van der Waals surface area contributed by atoms with Gasteiger partial charge in [0.25, 0.3) is 5.56 Å². The molecule has 0 saturated heterocycles. The summed E-state index contributed by atoms with van der Waals surface area (Å²) >= 11 is 6.05. The van der Waals surface area contributed by atoms with Crippen molar-refractivity contribution in [2.45, 2.75) is 19.8 Å². The van der Waals surface area contributed by atoms with Gasteiger partial charge in [-0.1, -0.05) is 23.7 Å². The minimum absolute atomic E-state index is 0.00904. The quantitative estimate of drug-likeness (QED) is 0.138. The molecule has 17 heteroatoms. The number of aromatic nitrogens is 4. The van der Waals surface area contributed by atoms with Crippen molar-refractivity contribution >= 4 is 36.3 Å². The fourth-order valence-electron chi connectivity index (χ4n) is 3.97. The van der Waals surface area contributed by atoms with Crippen LogP contribution in [0.5, 0.6) is 5.75 Å². The largest absolute Gasteiger partial charge is 0.519 e. The zero-order valence-corrected chi connectivity index (χ0v) is 24.1. The van der Waals surface area contributed by atoms with Crippen molar-refractivity contribution in [1.29, 1.82) is 0 Å². The second kappa shape index (κ2) is 12.9. The van der Waals surface area contributed by atoms with Crippen LogP contribution in [0.25, 0.3) is 22.5 Å². The number of methoxy groups -OCH3 is 1. The highest BCUT2D eigenvalue weighted by Crippen LogP contribution is 2.50. The summed E-state index contributed by atoms with van der Waals surface area (Å²) in [6, 6.07) is 10.6. The van der Waals surface area contributed by atoms with Gasteiger partial charge in [-0.05, 0) is 35.9 Å². The molecule has 0 saturated carbocycles. The number of benzene rings is 2. The first kappa shape index (κ1) is 30.2. The molecule has 0 aliphatic heterocycles. The van der Waals surface area contributed by atoms with E-state index in [0.717, 1.165) is 6.07 Å². The molecule has 0 spiro atoms. The van der Waals surface area contributed by atoms with Crippen LogP contribution < -0.4 is 21.9 Å². The molecule has 0 amide bonds. The maximum absolute atomic E-state index is 14.3. The smallest absolute Gasteiger partial charge is 0.494 e. The van der Waals surface area contributed by atoms with Crippen LogP contribution in [0.1, 0.15) is 11.3 Å². The lowest BCUT2D eigenvalue weighted by atomic mass is 10.1. The van der Waals surface area contributed by atoms with Gasteiger partial charge in [0.1, 0.15) is 13.0 Å². The number of ether oxygens (including phenoxy) is 2. The molecule has 3 heterocycles. The predicted octanol–water partition coefficient (Wildman–Crippen LogP) is 4.32. The standard InChI is InChI=1S/C26H24ClFN5O9P/c1-37-19-6-5-16(10-18(19)28)22-20(41-26(35)42-22)12-40-43(36,39-11-15-3-2-4-17(27)9-15)14-38-8-7-33-13-30-21-23(33)31-25(29)32-24(21)34/h2-6,9-10,13H,7-8,11-12,14H2,1H3,(H3,29,31,32,34). The van der Waals surface area contributed by atoms with Gasteiger partial charge in [0, 0.05) is 17.1 Å². The van der Waals surface area contributed by atoms with E-state index >= 15 is 0 Å². The number of anilines is 1. The average Bonchev–Trinajstić information content (AvgIpc) is 3.56. The van der Waals surface area contributed by atoms with Gasteiger partial charge in [0.05, 0.1) is 26.7 Å². The summed E-state index contributed by atoms with van der Waals surface area (Å²) in [7, 11) is -2.73. The van der Waals surface area contributed by atoms with Gasteiger partial charge in [0.2, 0.25) is 5.95 Å². The Morgan fingerprint density at radius 2 is 1.95 bits per heavy atom. The van der Waals surface area contributed by atoms with Crippen LogP contribution >= 0.6 is 19.2 Å². The first-order chi connectivity index (χ1) is 20.6. The number of rotatable bonds is 13. The summed E-state index contributed by atoms with van der Waals surface area (Å²) < 4.78 is 61.6. The third-order valence-electron chi connectivity index (χ3n) is 5.99. The number of hydrogen-bond acceptors (Lipinski definition) is 12. The highest BCUT2D eigenvalue weighted by molar-refractivity contribution is 7.53. The molecule has 5 rings (SSSR count). The van der Waals surface area contributed by atoms with Gasteiger partial charge in [0.15, 0.2) is 34.3 Å². The summed E-state index contributed by atoms with van der Waals surface area (Å²) in [6.45, 7) is -0.524. The molecule has 5 aromatic rings. The minimum atomic E-state index is -4.04. The van der Waals surface area contributed by atoms with Crippen LogP contribution in [0, 0.1) is 5.82 Å². The lowest BCUT2D eigenvalue weighted by molar-refractivity contribution is 0.114. The fourth-order valence-corrected chi connectivity index (χ4v) is 5.42. The van der Waals surface area contributed by atoms with E-state index in [2.05, 4.69) is 15.0 Å². The molecule has 0 radical (unpaired) electrons. The summed E-state index contributed by atoms with van der Waals surface area (Å²) in [5, 5.41) is 0.449. The van der Waals surface area contributed by atoms with E-state index in [0.29, 0.717) is 10.6 Å². The molecule has 0 fully saturated rings. The Morgan fingerprint density at radius 1 is 1.14 bits per heavy atom. The Balaban J connectivity index is 1.30. The molecular formula is C26H24ClFN5O9P. The van der Waals surface area contributed by atoms with Crippen LogP contribution in [0.4, 0.5) is 10.3 Å². The van der Waals surface area contributed by atoms with E-state index in [1.165, 1.54) is 25.6 Å². The molecule has 0 bridgehead atoms. The van der Waals surface area contributed by atoms with Gasteiger partial charge < -0.3 is 33.1 Å². The van der Waals surface area contributed by atoms with Crippen LogP contribution in [0.2, 0.25) is 5.02 Å². The highest BCUT2D eigenvalue weighted by atomic mass is 35.5. The SMILES string of the molecule is COc1ccc(-c2oc(=O)oc2COP(=O)(COCCn2cnc3c(=O)[nH]c(N)nc32)OCc2cccc(Cl)c2)cc1F. The first-order valence-corrected chi connectivity index (χ1v) is 14.6. The number of H-pyrrole nitrogens is 1. The Kier molecular flexibility index (Phi) is 9.08. The summed E-state index contributed by atoms with van der Waals surface area (Å²) in [4.78, 5) is 34.4. The second-order valence-corrected chi connectivity index (χ2v) is 11.4. The number of hydrogen-bond donors (Lipinski definition) is 2. The van der Waals surface area contributed by atoms with E-state index < -0.39 is 37.7 Å². The third-order valence-corrected chi connectivity index (χ3v) is 7.77. The van der Waals surface area contributed by atoms with Crippen molar-refractivity contribution in [3.8, 4) is 17.1 Å². The number of nitrogen functional groups attached to an aromatic ring is 1. The molecule has 14 nitrogen and oxygen atoms in total. The van der Waals surface area contributed by atoms with E-state index in [4.69, 9.17) is 44.7 Å². The molecule has 226 valence electrons. The van der Waals surface area contributed by atoms with Crippen molar-refractivity contribution in [2.75, 3.05) is 25.8 Å². The lowest BCUT2D eigenvalue weighted by Crippen LogP contribution is -2.13. The van der Waals surface area contributed by atoms with Crippen molar-refractivity contribution in [2.24, 2.45) is 0 Å². The van der Waals surface area contributed by atoms with E-state index in [1.54, 1.807) is 28.8 Å². The minimum Gasteiger partial charge on any atom is -0.494 e. The summed E-state index contributed by atoms with van der Waals surface area (Å²) in [5.74, 6) is -2.14. The Morgan fingerprint density at radius 3 is 2.72 bits per heavy atom. The maximum atomic E-state index is 14.3. The molecule has 3 N–H and O–H groups in total. The van der Waals surface area contributed by atoms with Crippen molar-refractivity contribution in [1.82, 2.24) is 19.5 Å². The van der Waals surface area contributed by atoms with Gasteiger partial charge in [-0.25, -0.2) is 14.2 Å². The third kappa shape index (κ3) is 7.21. The summed E-state index contributed by atoms with van der Waals surface area (Å²) in [6.07, 6.45) is 0.886. The van der Waals surface area contributed by atoms with Crippen molar-refractivity contribution in [3.05, 3.63) is 91.9 Å². The van der Waals surface area contributed by atoms with Gasteiger partial charge in [-0.2, -0.15) is 4.98 Å². The zero-order chi connectivity index (χ0) is 30.6. The molecule has 2 aromatic carbocycles. The maximum Gasteiger partial charge on any atom is 0.519 e. The molecule has 0 aliphatic rings. The fraction of sp³-hybridized carbons (Fsp3) is 0.231. The predicted molar refractivity (Wildman–Crippen MR) is 151 cm³/mol. The average molecular weight is 636 g/mol. The van der Waals surface area contributed by atoms with Crippen LogP contribution in [0.3, 0.4) is 0 Å². The summed E-state index contributed by atoms with van der Waals surface area (Å²) in [5.41, 5.74) is 6.26. The highest BCUT2D eigenvalue weighted by Gasteiger charge is 2.28. The molecule has 1 unspecified atom stereocenters. The Hall–Kier alpha value is -4.27. The number of nitrogens with one attached hydrogen (secondary N) is 1. The molecule has 0 aliphatic carbocycles. The molecule has 3 aromatic heterocycles. The number of aromatic amines is 1. The first-order valence-electron chi connectivity index (χ1n) is 12.5. The number of halogens is 2. The van der Waals surface area contributed by atoms with Gasteiger partial charge >= 0.3 is 13.4 Å². The van der Waals surface area contributed by atoms with Crippen LogP contribution in [-0.4, -0.2) is 39.6 Å². The molecular weight excluding hydrogens is 612 g/mol. The van der Waals surface area contributed by atoms with Crippen molar-refractivity contribution in [3.63, 3.8) is 0 Å². The zero-order valence-electron chi connectivity index (χ0n) is 22.5. The number of nitrogens with two attached hydrogens (primary N) is 1. The number of imidazole rings is 1. The van der Waals surface area contributed by atoms with Gasteiger partial charge in [-0.3, -0.25) is 18.9 Å². The molecule has 43 heavy (non-hydrogen) atoms. The van der Waals surface area contributed by atoms with Crippen molar-refractivity contribution < 1.29 is 36.3 Å². The number of fused-ring (bicyclic) bond motifs is 1. The van der Waals surface area contributed by atoms with E-state index in [-0.39, 0.29) is 59.7 Å². The van der Waals surface area contributed by atoms with Crippen LogP contribution in [0.15, 0.2) is 67.2 Å². The monoisotopic (exact) mass is 635 g/mol. The lowest BCUT2D eigenvalue weighted by Gasteiger charge is -2.18. The van der Waals surface area contributed by atoms with E-state index in [1.807, 2.05) is 0 Å². The Bertz CT molecular complexity index is 1920. The number of nitrogens with zero attached hydrogens (tertiary/aromatic N) is 3.